The van der Waals surface area contributed by atoms with Crippen molar-refractivity contribution in [2.24, 2.45) is 0 Å². The highest BCUT2D eigenvalue weighted by atomic mass is 16.5. The molecule has 1 aliphatic heterocycles. The van der Waals surface area contributed by atoms with E-state index in [9.17, 15) is 4.79 Å². The molecule has 1 N–H and O–H groups in total. The Balaban J connectivity index is 1.66. The van der Waals surface area contributed by atoms with Crippen molar-refractivity contribution < 1.29 is 9.53 Å². The predicted octanol–water partition coefficient (Wildman–Crippen LogP) is 3.97. The first-order valence-electron chi connectivity index (χ1n) is 7.19. The number of hydrogen-bond acceptors (Lipinski definition) is 2. The van der Waals surface area contributed by atoms with E-state index >= 15 is 0 Å². The maximum Gasteiger partial charge on any atom is 0.248 e. The number of ether oxygens (including phenoxy) is 1. The number of hydrogen-bond donors (Lipinski definition) is 1. The summed E-state index contributed by atoms with van der Waals surface area (Å²) in [6.45, 7) is 2.49. The number of para-hydroxylation sites is 1. The second-order valence-electron chi connectivity index (χ2n) is 5.23. The number of rotatable bonds is 3. The van der Waals surface area contributed by atoms with Gasteiger partial charge in [0, 0.05) is 17.3 Å². The molecule has 0 saturated carbocycles. The zero-order chi connectivity index (χ0) is 15.4. The van der Waals surface area contributed by atoms with Gasteiger partial charge in [0.25, 0.3) is 0 Å². The van der Waals surface area contributed by atoms with Crippen LogP contribution in [-0.4, -0.2) is 12.5 Å². The van der Waals surface area contributed by atoms with Crippen LogP contribution in [0.3, 0.4) is 0 Å². The number of aryl methyl sites for hydroxylation is 1. The molecule has 1 heterocycles. The molecule has 1 amide bonds. The van der Waals surface area contributed by atoms with Crippen molar-refractivity contribution in [3.05, 3.63) is 77.4 Å². The molecule has 22 heavy (non-hydrogen) atoms. The van der Waals surface area contributed by atoms with Crippen molar-refractivity contribution in [3.63, 3.8) is 0 Å². The maximum absolute atomic E-state index is 11.9. The molecule has 0 radical (unpaired) electrons. The number of benzene rings is 2. The Morgan fingerprint density at radius 1 is 1.14 bits per heavy atom. The maximum atomic E-state index is 11.9. The molecule has 2 aromatic rings. The molecule has 1 aliphatic rings. The van der Waals surface area contributed by atoms with Crippen LogP contribution in [0.2, 0.25) is 0 Å². The van der Waals surface area contributed by atoms with Crippen LogP contribution in [0, 0.1) is 6.92 Å². The normalized spacial score (nSPS) is 13.2. The third-order valence-corrected chi connectivity index (χ3v) is 3.42. The number of amides is 1. The van der Waals surface area contributed by atoms with E-state index in [0.29, 0.717) is 6.61 Å². The highest BCUT2D eigenvalue weighted by Gasteiger charge is 2.08. The molecule has 0 fully saturated rings. The molecule has 3 nitrogen and oxygen atoms in total. The van der Waals surface area contributed by atoms with Crippen LogP contribution in [0.1, 0.15) is 11.1 Å². The molecule has 2 aromatic carbocycles. The summed E-state index contributed by atoms with van der Waals surface area (Å²) in [6.07, 6.45) is 5.36. The van der Waals surface area contributed by atoms with Gasteiger partial charge in [-0.15, -0.1) is 0 Å². The summed E-state index contributed by atoms with van der Waals surface area (Å²) in [7, 11) is 0. The number of carbonyl (C=O) groups excluding carboxylic acids is 1. The summed E-state index contributed by atoms with van der Waals surface area (Å²) < 4.78 is 5.65. The Morgan fingerprint density at radius 3 is 2.73 bits per heavy atom. The Morgan fingerprint density at radius 2 is 1.91 bits per heavy atom. The minimum atomic E-state index is -0.149. The summed E-state index contributed by atoms with van der Waals surface area (Å²) in [4.78, 5) is 11.9. The Labute approximate surface area is 129 Å². The quantitative estimate of drug-likeness (QED) is 0.869. The zero-order valence-corrected chi connectivity index (χ0v) is 12.4. The highest BCUT2D eigenvalue weighted by molar-refractivity contribution is 5.99. The van der Waals surface area contributed by atoms with E-state index in [-0.39, 0.29) is 5.91 Å². The number of carbonyl (C=O) groups is 1. The molecule has 3 rings (SSSR count). The average molecular weight is 291 g/mol. The second kappa shape index (κ2) is 6.31. The zero-order valence-electron chi connectivity index (χ0n) is 12.4. The smallest absolute Gasteiger partial charge is 0.248 e. The van der Waals surface area contributed by atoms with Gasteiger partial charge in [-0.3, -0.25) is 4.79 Å². The summed E-state index contributed by atoms with van der Waals surface area (Å²) >= 11 is 0. The van der Waals surface area contributed by atoms with Gasteiger partial charge in [0.2, 0.25) is 5.91 Å². The highest BCUT2D eigenvalue weighted by Crippen LogP contribution is 2.25. The second-order valence-corrected chi connectivity index (χ2v) is 5.23. The van der Waals surface area contributed by atoms with E-state index in [2.05, 4.69) is 5.32 Å². The first-order chi connectivity index (χ1) is 10.7. The van der Waals surface area contributed by atoms with Gasteiger partial charge in [0.05, 0.1) is 0 Å². The summed E-state index contributed by atoms with van der Waals surface area (Å²) in [6, 6.07) is 15.6. The topological polar surface area (TPSA) is 38.3 Å². The Hall–Kier alpha value is -2.81. The average Bonchev–Trinajstić information content (AvgIpc) is 2.55. The van der Waals surface area contributed by atoms with Gasteiger partial charge in [-0.2, -0.15) is 0 Å². The van der Waals surface area contributed by atoms with Crippen LogP contribution in [-0.2, 0) is 4.79 Å². The van der Waals surface area contributed by atoms with Crippen molar-refractivity contribution >= 4 is 17.7 Å². The number of nitrogens with one attached hydrogen (secondary N) is 1. The molecule has 0 bridgehead atoms. The molecule has 0 saturated heterocycles. The van der Waals surface area contributed by atoms with E-state index in [1.807, 2.05) is 61.5 Å². The van der Waals surface area contributed by atoms with E-state index in [4.69, 9.17) is 4.74 Å². The molecule has 110 valence electrons. The SMILES string of the molecule is Cc1ccc(NC(=O)C=CC2=Cc3ccccc3OC2)cc1. The first kappa shape index (κ1) is 14.1. The van der Waals surface area contributed by atoms with Crippen LogP contribution in [0.15, 0.2) is 66.3 Å². The van der Waals surface area contributed by atoms with E-state index in [1.165, 1.54) is 6.08 Å². The van der Waals surface area contributed by atoms with Crippen molar-refractivity contribution in [3.8, 4) is 5.75 Å². The summed E-state index contributed by atoms with van der Waals surface area (Å²) in [5.41, 5.74) is 3.96. The summed E-state index contributed by atoms with van der Waals surface area (Å²) in [5, 5.41) is 2.83. The largest absolute Gasteiger partial charge is 0.488 e. The fourth-order valence-corrected chi connectivity index (χ4v) is 2.23. The van der Waals surface area contributed by atoms with Crippen LogP contribution < -0.4 is 10.1 Å². The van der Waals surface area contributed by atoms with Gasteiger partial charge in [0.15, 0.2) is 0 Å². The fraction of sp³-hybridized carbons (Fsp3) is 0.105. The molecule has 3 heteroatoms. The lowest BCUT2D eigenvalue weighted by atomic mass is 10.1. The fourth-order valence-electron chi connectivity index (χ4n) is 2.23. The van der Waals surface area contributed by atoms with Gasteiger partial charge >= 0.3 is 0 Å². The van der Waals surface area contributed by atoms with E-state index < -0.39 is 0 Å². The van der Waals surface area contributed by atoms with E-state index in [1.54, 1.807) is 6.08 Å². The monoisotopic (exact) mass is 291 g/mol. The van der Waals surface area contributed by atoms with Crippen LogP contribution in [0.5, 0.6) is 5.75 Å². The van der Waals surface area contributed by atoms with Crippen molar-refractivity contribution in [1.29, 1.82) is 0 Å². The Kier molecular flexibility index (Phi) is 4.05. The predicted molar refractivity (Wildman–Crippen MR) is 88.9 cm³/mol. The summed E-state index contributed by atoms with van der Waals surface area (Å²) in [5.74, 6) is 0.729. The third-order valence-electron chi connectivity index (χ3n) is 3.42. The molecular weight excluding hydrogens is 274 g/mol. The van der Waals surface area contributed by atoms with Crippen molar-refractivity contribution in [1.82, 2.24) is 0 Å². The first-order valence-corrected chi connectivity index (χ1v) is 7.19. The van der Waals surface area contributed by atoms with Gasteiger partial charge in [-0.25, -0.2) is 0 Å². The Bertz CT molecular complexity index is 742. The number of anilines is 1. The molecule has 0 atom stereocenters. The van der Waals surface area contributed by atoms with Gasteiger partial charge in [0.1, 0.15) is 12.4 Å². The van der Waals surface area contributed by atoms with Gasteiger partial charge < -0.3 is 10.1 Å². The number of fused-ring (bicyclic) bond motifs is 1. The third kappa shape index (κ3) is 3.44. The molecule has 0 aliphatic carbocycles. The van der Waals surface area contributed by atoms with Gasteiger partial charge in [-0.1, -0.05) is 42.0 Å². The van der Waals surface area contributed by atoms with Gasteiger partial charge in [-0.05, 0) is 36.8 Å². The van der Waals surface area contributed by atoms with E-state index in [0.717, 1.165) is 28.1 Å². The van der Waals surface area contributed by atoms with Crippen molar-refractivity contribution in [2.75, 3.05) is 11.9 Å². The molecular formula is C19H17NO2. The van der Waals surface area contributed by atoms with Crippen LogP contribution in [0.4, 0.5) is 5.69 Å². The lowest BCUT2D eigenvalue weighted by Gasteiger charge is -2.15. The van der Waals surface area contributed by atoms with Crippen LogP contribution >= 0.6 is 0 Å². The minimum Gasteiger partial charge on any atom is -0.488 e. The molecule has 0 spiro atoms. The molecule has 0 unspecified atom stereocenters. The lowest BCUT2D eigenvalue weighted by molar-refractivity contribution is -0.111. The van der Waals surface area contributed by atoms with Crippen LogP contribution in [0.25, 0.3) is 6.08 Å². The van der Waals surface area contributed by atoms with Crippen molar-refractivity contribution in [2.45, 2.75) is 6.92 Å². The lowest BCUT2D eigenvalue weighted by Crippen LogP contribution is -2.09. The standard InChI is InChI=1S/C19H17NO2/c1-14-6-9-17(10-7-14)20-19(21)11-8-15-12-16-4-2-3-5-18(16)22-13-15/h2-12H,13H2,1H3,(H,20,21). The minimum absolute atomic E-state index is 0.149. The molecule has 0 aromatic heterocycles.